The highest BCUT2D eigenvalue weighted by Crippen LogP contribution is 2.34. The van der Waals surface area contributed by atoms with Crippen LogP contribution in [0.5, 0.6) is 5.75 Å². The molecule has 0 bridgehead atoms. The second kappa shape index (κ2) is 3.86. The molecule has 1 aromatic carbocycles. The van der Waals surface area contributed by atoms with E-state index in [0.29, 0.717) is 0 Å². The van der Waals surface area contributed by atoms with Gasteiger partial charge in [-0.1, -0.05) is 6.07 Å². The highest BCUT2D eigenvalue weighted by atomic mass is 16.7. The van der Waals surface area contributed by atoms with Gasteiger partial charge in [0.1, 0.15) is 5.75 Å². The Kier molecular flexibility index (Phi) is 2.70. The Hall–Kier alpha value is -1.02. The van der Waals surface area contributed by atoms with E-state index in [9.17, 15) is 0 Å². The average Bonchev–Trinajstić information content (AvgIpc) is 2.26. The molecule has 0 spiro atoms. The summed E-state index contributed by atoms with van der Waals surface area (Å²) >= 11 is 0. The Labute approximate surface area is 91.2 Å². The minimum Gasteiger partial charge on any atom is -0.464 e. The monoisotopic (exact) mass is 206 g/mol. The van der Waals surface area contributed by atoms with E-state index in [1.54, 1.807) is 7.11 Å². The Balaban J connectivity index is 2.45. The first kappa shape index (κ1) is 10.5. The fourth-order valence-electron chi connectivity index (χ4n) is 2.12. The van der Waals surface area contributed by atoms with Crippen molar-refractivity contribution in [3.05, 3.63) is 28.3 Å². The lowest BCUT2D eigenvalue weighted by atomic mass is 9.95. The maximum atomic E-state index is 5.83. The Morgan fingerprint density at radius 3 is 2.67 bits per heavy atom. The first-order valence-electron chi connectivity index (χ1n) is 5.42. The molecule has 82 valence electrons. The molecule has 0 saturated heterocycles. The van der Waals surface area contributed by atoms with Crippen LogP contribution in [0.15, 0.2) is 6.07 Å². The zero-order valence-electron chi connectivity index (χ0n) is 9.89. The smallest absolute Gasteiger partial charge is 0.199 e. The molecule has 0 saturated carbocycles. The lowest BCUT2D eigenvalue weighted by Gasteiger charge is -2.27. The fourth-order valence-corrected chi connectivity index (χ4v) is 2.12. The van der Waals surface area contributed by atoms with Crippen molar-refractivity contribution >= 4 is 0 Å². The van der Waals surface area contributed by atoms with Crippen LogP contribution in [0.2, 0.25) is 0 Å². The molecule has 0 aromatic heterocycles. The number of hydrogen-bond donors (Lipinski definition) is 0. The van der Waals surface area contributed by atoms with Gasteiger partial charge in [0.15, 0.2) is 6.29 Å². The van der Waals surface area contributed by atoms with E-state index in [0.717, 1.165) is 18.6 Å². The van der Waals surface area contributed by atoms with Crippen LogP contribution in [0.4, 0.5) is 0 Å². The summed E-state index contributed by atoms with van der Waals surface area (Å²) in [6.45, 7) is 6.43. The summed E-state index contributed by atoms with van der Waals surface area (Å²) in [5.74, 6) is 1.04. The van der Waals surface area contributed by atoms with Crippen LogP contribution in [0.1, 0.15) is 28.7 Å². The zero-order chi connectivity index (χ0) is 11.0. The molecule has 1 aliphatic rings. The Morgan fingerprint density at radius 2 is 2.00 bits per heavy atom. The van der Waals surface area contributed by atoms with Crippen molar-refractivity contribution in [1.82, 2.24) is 0 Å². The van der Waals surface area contributed by atoms with Gasteiger partial charge in [0, 0.05) is 13.5 Å². The van der Waals surface area contributed by atoms with Crippen LogP contribution in [0.25, 0.3) is 0 Å². The molecule has 1 heterocycles. The number of methoxy groups -OCH3 is 1. The number of hydrogen-bond acceptors (Lipinski definition) is 2. The fraction of sp³-hybridized carbons (Fsp3) is 0.538. The van der Waals surface area contributed by atoms with Crippen LogP contribution >= 0.6 is 0 Å². The molecule has 1 aliphatic heterocycles. The van der Waals surface area contributed by atoms with Crippen LogP contribution in [-0.4, -0.2) is 13.4 Å². The van der Waals surface area contributed by atoms with E-state index in [-0.39, 0.29) is 6.29 Å². The second-order valence-corrected chi connectivity index (χ2v) is 4.25. The summed E-state index contributed by atoms with van der Waals surface area (Å²) < 4.78 is 11.1. The van der Waals surface area contributed by atoms with Crippen LogP contribution in [-0.2, 0) is 11.2 Å². The Bertz CT molecular complexity index is 383. The largest absolute Gasteiger partial charge is 0.464 e. The molecule has 0 N–H and O–H groups in total. The summed E-state index contributed by atoms with van der Waals surface area (Å²) in [6, 6.07) is 2.24. The van der Waals surface area contributed by atoms with Gasteiger partial charge in [-0.15, -0.1) is 0 Å². The molecular weight excluding hydrogens is 188 g/mol. The van der Waals surface area contributed by atoms with Crippen molar-refractivity contribution in [3.63, 3.8) is 0 Å². The van der Waals surface area contributed by atoms with Gasteiger partial charge < -0.3 is 9.47 Å². The van der Waals surface area contributed by atoms with Gasteiger partial charge in [0.2, 0.25) is 0 Å². The standard InChI is InChI=1S/C13H18O2/c1-8-7-11-5-6-12(14-4)15-13(11)10(3)9(8)2/h7,12H,5-6H2,1-4H3. The van der Waals surface area contributed by atoms with Gasteiger partial charge in [-0.2, -0.15) is 0 Å². The van der Waals surface area contributed by atoms with Gasteiger partial charge in [0.05, 0.1) is 0 Å². The summed E-state index contributed by atoms with van der Waals surface area (Å²) in [6.07, 6.45) is 1.93. The quantitative estimate of drug-likeness (QED) is 0.703. The van der Waals surface area contributed by atoms with Crippen LogP contribution < -0.4 is 4.74 Å². The highest BCUT2D eigenvalue weighted by molar-refractivity contribution is 5.50. The lowest BCUT2D eigenvalue weighted by molar-refractivity contribution is -0.0658. The SMILES string of the molecule is COC1CCc2cc(C)c(C)c(C)c2O1. The van der Waals surface area contributed by atoms with Gasteiger partial charge in [-0.25, -0.2) is 0 Å². The molecule has 2 rings (SSSR count). The van der Waals surface area contributed by atoms with E-state index < -0.39 is 0 Å². The van der Waals surface area contributed by atoms with E-state index in [2.05, 4.69) is 26.8 Å². The number of aryl methyl sites for hydroxylation is 2. The normalized spacial score (nSPS) is 19.6. The van der Waals surface area contributed by atoms with Crippen molar-refractivity contribution in [2.24, 2.45) is 0 Å². The molecule has 0 aliphatic carbocycles. The molecule has 2 heteroatoms. The van der Waals surface area contributed by atoms with Gasteiger partial charge >= 0.3 is 0 Å². The van der Waals surface area contributed by atoms with Crippen molar-refractivity contribution in [3.8, 4) is 5.75 Å². The first-order valence-corrected chi connectivity index (χ1v) is 5.42. The minimum absolute atomic E-state index is 0.0710. The molecule has 0 fully saturated rings. The number of ether oxygens (including phenoxy) is 2. The average molecular weight is 206 g/mol. The highest BCUT2D eigenvalue weighted by Gasteiger charge is 2.22. The predicted molar refractivity (Wildman–Crippen MR) is 60.4 cm³/mol. The van der Waals surface area contributed by atoms with Crippen LogP contribution in [0.3, 0.4) is 0 Å². The van der Waals surface area contributed by atoms with E-state index >= 15 is 0 Å². The van der Waals surface area contributed by atoms with Crippen molar-refractivity contribution < 1.29 is 9.47 Å². The molecule has 1 atom stereocenters. The van der Waals surface area contributed by atoms with Crippen molar-refractivity contribution in [2.45, 2.75) is 39.9 Å². The Morgan fingerprint density at radius 1 is 1.27 bits per heavy atom. The van der Waals surface area contributed by atoms with Crippen LogP contribution in [0, 0.1) is 20.8 Å². The maximum absolute atomic E-state index is 5.83. The number of fused-ring (bicyclic) bond motifs is 1. The third kappa shape index (κ3) is 1.74. The number of rotatable bonds is 1. The van der Waals surface area contributed by atoms with E-state index in [1.807, 2.05) is 0 Å². The summed E-state index contributed by atoms with van der Waals surface area (Å²) in [5.41, 5.74) is 5.26. The molecule has 1 unspecified atom stereocenters. The summed E-state index contributed by atoms with van der Waals surface area (Å²) in [4.78, 5) is 0. The third-order valence-electron chi connectivity index (χ3n) is 3.34. The molecule has 15 heavy (non-hydrogen) atoms. The lowest BCUT2D eigenvalue weighted by Crippen LogP contribution is -2.25. The summed E-state index contributed by atoms with van der Waals surface area (Å²) in [5, 5.41) is 0. The van der Waals surface area contributed by atoms with E-state index in [1.165, 1.54) is 22.3 Å². The first-order chi connectivity index (χ1) is 7.13. The minimum atomic E-state index is -0.0710. The second-order valence-electron chi connectivity index (χ2n) is 4.25. The van der Waals surface area contributed by atoms with Gasteiger partial charge in [-0.3, -0.25) is 0 Å². The molecule has 2 nitrogen and oxygen atoms in total. The van der Waals surface area contributed by atoms with Gasteiger partial charge in [-0.05, 0) is 49.4 Å². The summed E-state index contributed by atoms with van der Waals surface area (Å²) in [7, 11) is 1.70. The molecule has 1 aromatic rings. The molecule has 0 radical (unpaired) electrons. The topological polar surface area (TPSA) is 18.5 Å². The molecular formula is C13H18O2. The van der Waals surface area contributed by atoms with Gasteiger partial charge in [0.25, 0.3) is 0 Å². The zero-order valence-corrected chi connectivity index (χ0v) is 9.89. The maximum Gasteiger partial charge on any atom is 0.199 e. The van der Waals surface area contributed by atoms with Crippen molar-refractivity contribution in [2.75, 3.05) is 7.11 Å². The number of benzene rings is 1. The third-order valence-corrected chi connectivity index (χ3v) is 3.34. The van der Waals surface area contributed by atoms with Crippen molar-refractivity contribution in [1.29, 1.82) is 0 Å². The predicted octanol–water partition coefficient (Wildman–Crippen LogP) is 2.91. The van der Waals surface area contributed by atoms with E-state index in [4.69, 9.17) is 9.47 Å². The molecule has 0 amide bonds.